The lowest BCUT2D eigenvalue weighted by molar-refractivity contribution is 0.141. The van der Waals surface area contributed by atoms with Gasteiger partial charge in [0.05, 0.1) is 12.6 Å². The first-order valence-corrected chi connectivity index (χ1v) is 6.01. The highest BCUT2D eigenvalue weighted by molar-refractivity contribution is 5.52. The van der Waals surface area contributed by atoms with Gasteiger partial charge in [-0.2, -0.15) is 4.80 Å². The molecule has 6 nitrogen and oxygen atoms in total. The third-order valence-electron chi connectivity index (χ3n) is 2.49. The first-order chi connectivity index (χ1) is 8.79. The van der Waals surface area contributed by atoms with Crippen LogP contribution >= 0.6 is 0 Å². The minimum atomic E-state index is -0.511. The van der Waals surface area contributed by atoms with Crippen LogP contribution in [0.15, 0.2) is 30.3 Å². The second-order valence-electron chi connectivity index (χ2n) is 4.00. The monoisotopic (exact) mass is 247 g/mol. The zero-order valence-electron chi connectivity index (χ0n) is 10.3. The molecule has 1 unspecified atom stereocenters. The summed E-state index contributed by atoms with van der Waals surface area (Å²) in [6.07, 6.45) is -0.511. The Hall–Kier alpha value is -1.79. The molecular formula is C12H17N5O. The Bertz CT molecular complexity index is 470. The fourth-order valence-electron chi connectivity index (χ4n) is 1.59. The summed E-state index contributed by atoms with van der Waals surface area (Å²) >= 11 is 0. The van der Waals surface area contributed by atoms with Gasteiger partial charge in [0.15, 0.2) is 0 Å². The van der Waals surface area contributed by atoms with Gasteiger partial charge in [0.25, 0.3) is 0 Å². The molecule has 1 atom stereocenters. The summed E-state index contributed by atoms with van der Waals surface area (Å²) in [4.78, 5) is 1.42. The molecule has 0 spiro atoms. The van der Waals surface area contributed by atoms with Gasteiger partial charge in [-0.15, -0.1) is 10.2 Å². The zero-order valence-corrected chi connectivity index (χ0v) is 10.3. The van der Waals surface area contributed by atoms with Crippen molar-refractivity contribution in [3.05, 3.63) is 30.3 Å². The number of aliphatic hydroxyl groups is 1. The topological polar surface area (TPSA) is 75.9 Å². The first-order valence-electron chi connectivity index (χ1n) is 6.01. The SMILES string of the molecule is CCNCC(O)Cn1nnc(-c2ccccc2)n1. The van der Waals surface area contributed by atoms with Crippen molar-refractivity contribution in [2.24, 2.45) is 0 Å². The van der Waals surface area contributed by atoms with Crippen LogP contribution < -0.4 is 5.32 Å². The molecule has 1 aromatic heterocycles. The van der Waals surface area contributed by atoms with Crippen molar-refractivity contribution in [3.8, 4) is 11.4 Å². The van der Waals surface area contributed by atoms with Crippen LogP contribution in [0.5, 0.6) is 0 Å². The highest BCUT2D eigenvalue weighted by Gasteiger charge is 2.09. The number of benzene rings is 1. The molecule has 1 heterocycles. The molecule has 2 rings (SSSR count). The molecule has 0 fully saturated rings. The van der Waals surface area contributed by atoms with Crippen molar-refractivity contribution in [2.75, 3.05) is 13.1 Å². The maximum absolute atomic E-state index is 9.72. The van der Waals surface area contributed by atoms with Crippen LogP contribution in [-0.2, 0) is 6.54 Å². The van der Waals surface area contributed by atoms with Crippen LogP contribution in [0, 0.1) is 0 Å². The van der Waals surface area contributed by atoms with Gasteiger partial charge in [0, 0.05) is 12.1 Å². The maximum atomic E-state index is 9.72. The molecule has 0 saturated carbocycles. The highest BCUT2D eigenvalue weighted by Crippen LogP contribution is 2.11. The molecular weight excluding hydrogens is 230 g/mol. The van der Waals surface area contributed by atoms with Gasteiger partial charge in [0.1, 0.15) is 0 Å². The number of rotatable bonds is 6. The van der Waals surface area contributed by atoms with E-state index in [1.54, 1.807) is 0 Å². The first kappa shape index (κ1) is 12.7. The van der Waals surface area contributed by atoms with Crippen LogP contribution in [0.2, 0.25) is 0 Å². The van der Waals surface area contributed by atoms with Gasteiger partial charge in [-0.1, -0.05) is 37.3 Å². The van der Waals surface area contributed by atoms with Crippen LogP contribution in [-0.4, -0.2) is 44.5 Å². The fourth-order valence-corrected chi connectivity index (χ4v) is 1.59. The summed E-state index contributed by atoms with van der Waals surface area (Å²) in [7, 11) is 0. The van der Waals surface area contributed by atoms with Crippen LogP contribution in [0.4, 0.5) is 0 Å². The Morgan fingerprint density at radius 1 is 1.33 bits per heavy atom. The number of hydrogen-bond acceptors (Lipinski definition) is 5. The van der Waals surface area contributed by atoms with Gasteiger partial charge in [0.2, 0.25) is 5.82 Å². The van der Waals surface area contributed by atoms with Crippen molar-refractivity contribution < 1.29 is 5.11 Å². The number of hydrogen-bond donors (Lipinski definition) is 2. The van der Waals surface area contributed by atoms with Crippen molar-refractivity contribution in [2.45, 2.75) is 19.6 Å². The second kappa shape index (κ2) is 6.23. The van der Waals surface area contributed by atoms with E-state index >= 15 is 0 Å². The molecule has 0 amide bonds. The summed E-state index contributed by atoms with van der Waals surface area (Å²) in [6, 6.07) is 9.65. The number of aromatic nitrogens is 4. The molecule has 18 heavy (non-hydrogen) atoms. The van der Waals surface area contributed by atoms with E-state index in [1.807, 2.05) is 37.3 Å². The second-order valence-corrected chi connectivity index (χ2v) is 4.00. The number of likely N-dealkylation sites (N-methyl/N-ethyl adjacent to an activating group) is 1. The third kappa shape index (κ3) is 3.35. The fraction of sp³-hybridized carbons (Fsp3) is 0.417. The van der Waals surface area contributed by atoms with Crippen molar-refractivity contribution in [3.63, 3.8) is 0 Å². The lowest BCUT2D eigenvalue weighted by Gasteiger charge is -2.08. The largest absolute Gasteiger partial charge is 0.390 e. The predicted octanol–water partition coefficient (Wildman–Crippen LogP) is 0.310. The van der Waals surface area contributed by atoms with Gasteiger partial charge in [-0.25, -0.2) is 0 Å². The highest BCUT2D eigenvalue weighted by atomic mass is 16.3. The van der Waals surface area contributed by atoms with Crippen molar-refractivity contribution >= 4 is 0 Å². The van der Waals surface area contributed by atoms with Gasteiger partial charge >= 0.3 is 0 Å². The van der Waals surface area contributed by atoms with Crippen LogP contribution in [0.25, 0.3) is 11.4 Å². The van der Waals surface area contributed by atoms with E-state index in [1.165, 1.54) is 4.80 Å². The molecule has 0 aliphatic rings. The summed E-state index contributed by atoms with van der Waals surface area (Å²) in [6.45, 7) is 3.69. The van der Waals surface area contributed by atoms with Crippen molar-refractivity contribution in [1.82, 2.24) is 25.5 Å². The predicted molar refractivity (Wildman–Crippen MR) is 67.8 cm³/mol. The maximum Gasteiger partial charge on any atom is 0.204 e. The Balaban J connectivity index is 1.98. The standard InChI is InChI=1S/C12H17N5O/c1-2-13-8-11(18)9-17-15-12(14-16-17)10-6-4-3-5-7-10/h3-7,11,13,18H,2,8-9H2,1H3. The number of nitrogens with one attached hydrogen (secondary N) is 1. The third-order valence-corrected chi connectivity index (χ3v) is 2.49. The Kier molecular flexibility index (Phi) is 4.38. The van der Waals surface area contributed by atoms with E-state index in [0.717, 1.165) is 12.1 Å². The summed E-state index contributed by atoms with van der Waals surface area (Å²) in [5, 5.41) is 24.9. The Labute approximate surface area is 106 Å². The zero-order chi connectivity index (χ0) is 12.8. The molecule has 0 bridgehead atoms. The molecule has 0 aliphatic heterocycles. The van der Waals surface area contributed by atoms with E-state index in [4.69, 9.17) is 0 Å². The molecule has 1 aromatic carbocycles. The van der Waals surface area contributed by atoms with Gasteiger partial charge < -0.3 is 10.4 Å². The Morgan fingerprint density at radius 2 is 2.11 bits per heavy atom. The molecule has 6 heteroatoms. The normalized spacial score (nSPS) is 12.6. The smallest absolute Gasteiger partial charge is 0.204 e. The number of aliphatic hydroxyl groups excluding tert-OH is 1. The molecule has 2 N–H and O–H groups in total. The number of nitrogens with zero attached hydrogens (tertiary/aromatic N) is 4. The van der Waals surface area contributed by atoms with E-state index in [2.05, 4.69) is 20.7 Å². The lowest BCUT2D eigenvalue weighted by atomic mass is 10.2. The summed E-state index contributed by atoms with van der Waals surface area (Å²) < 4.78 is 0. The summed E-state index contributed by atoms with van der Waals surface area (Å²) in [5.74, 6) is 0.575. The lowest BCUT2D eigenvalue weighted by Crippen LogP contribution is -2.30. The molecule has 0 radical (unpaired) electrons. The van der Waals surface area contributed by atoms with Crippen LogP contribution in [0.3, 0.4) is 0 Å². The van der Waals surface area contributed by atoms with E-state index < -0.39 is 6.10 Å². The Morgan fingerprint density at radius 3 is 2.83 bits per heavy atom. The molecule has 2 aromatic rings. The van der Waals surface area contributed by atoms with Crippen molar-refractivity contribution in [1.29, 1.82) is 0 Å². The molecule has 96 valence electrons. The van der Waals surface area contributed by atoms with Gasteiger partial charge in [-0.05, 0) is 11.8 Å². The van der Waals surface area contributed by atoms with E-state index in [0.29, 0.717) is 18.9 Å². The minimum absolute atomic E-state index is 0.340. The minimum Gasteiger partial charge on any atom is -0.390 e. The van der Waals surface area contributed by atoms with Gasteiger partial charge in [-0.3, -0.25) is 0 Å². The average Bonchev–Trinajstić information content (AvgIpc) is 2.86. The molecule has 0 saturated heterocycles. The summed E-state index contributed by atoms with van der Waals surface area (Å²) in [5.41, 5.74) is 0.921. The van der Waals surface area contributed by atoms with E-state index in [9.17, 15) is 5.11 Å². The number of tetrazole rings is 1. The van der Waals surface area contributed by atoms with Crippen LogP contribution in [0.1, 0.15) is 6.92 Å². The quantitative estimate of drug-likeness (QED) is 0.768. The van der Waals surface area contributed by atoms with E-state index in [-0.39, 0.29) is 0 Å². The average molecular weight is 247 g/mol. The molecule has 0 aliphatic carbocycles.